The Bertz CT molecular complexity index is 483. The van der Waals surface area contributed by atoms with Gasteiger partial charge in [0.1, 0.15) is 5.82 Å². The molecule has 0 unspecified atom stereocenters. The summed E-state index contributed by atoms with van der Waals surface area (Å²) in [6.07, 6.45) is 0.872. The number of ether oxygens (including phenoxy) is 1. The number of benzene rings is 1. The second-order valence-electron chi connectivity index (χ2n) is 4.25. The van der Waals surface area contributed by atoms with Crippen molar-refractivity contribution in [2.45, 2.75) is 19.9 Å². The number of methoxy groups -OCH3 is 1. The third-order valence-corrected chi connectivity index (χ3v) is 2.61. The van der Waals surface area contributed by atoms with Gasteiger partial charge in [-0.25, -0.2) is 4.39 Å². The quantitative estimate of drug-likeness (QED) is 0.738. The van der Waals surface area contributed by atoms with Crippen LogP contribution < -0.4 is 0 Å². The van der Waals surface area contributed by atoms with Crippen molar-refractivity contribution in [3.8, 4) is 6.07 Å². The van der Waals surface area contributed by atoms with Crippen LogP contribution in [0.4, 0.5) is 4.39 Å². The van der Waals surface area contributed by atoms with Crippen molar-refractivity contribution < 1.29 is 13.9 Å². The molecule has 102 valence electrons. The van der Waals surface area contributed by atoms with Gasteiger partial charge in [-0.2, -0.15) is 5.26 Å². The molecular formula is C14H17FN2O2. The predicted octanol–water partition coefficient (Wildman–Crippen LogP) is 2.08. The fourth-order valence-electron chi connectivity index (χ4n) is 1.84. The molecule has 0 aliphatic heterocycles. The molecule has 0 amide bonds. The maximum atomic E-state index is 13.3. The Kier molecular flexibility index (Phi) is 5.97. The molecule has 0 radical (unpaired) electrons. The first-order chi connectivity index (χ1) is 9.08. The molecule has 1 aromatic carbocycles. The van der Waals surface area contributed by atoms with Crippen LogP contribution in [-0.4, -0.2) is 31.1 Å². The van der Waals surface area contributed by atoms with Gasteiger partial charge in [0.15, 0.2) is 0 Å². The fourth-order valence-corrected chi connectivity index (χ4v) is 1.84. The fraction of sp³-hybridized carbons (Fsp3) is 0.429. The normalized spacial score (nSPS) is 10.3. The van der Waals surface area contributed by atoms with Crippen molar-refractivity contribution in [3.63, 3.8) is 0 Å². The van der Waals surface area contributed by atoms with Crippen LogP contribution in [0.5, 0.6) is 0 Å². The average Bonchev–Trinajstić information content (AvgIpc) is 2.38. The van der Waals surface area contributed by atoms with Crippen LogP contribution in [0.3, 0.4) is 0 Å². The van der Waals surface area contributed by atoms with Crippen molar-refractivity contribution >= 4 is 5.97 Å². The summed E-state index contributed by atoms with van der Waals surface area (Å²) in [4.78, 5) is 13.1. The lowest BCUT2D eigenvalue weighted by atomic mass is 10.1. The van der Waals surface area contributed by atoms with Crippen molar-refractivity contribution in [2.24, 2.45) is 0 Å². The number of nitrogens with zero attached hydrogens (tertiary/aromatic N) is 2. The van der Waals surface area contributed by atoms with Crippen LogP contribution in [0.1, 0.15) is 24.5 Å². The smallest absolute Gasteiger partial charge is 0.319 e. The van der Waals surface area contributed by atoms with Crippen molar-refractivity contribution in [1.29, 1.82) is 5.26 Å². The zero-order valence-corrected chi connectivity index (χ0v) is 11.1. The van der Waals surface area contributed by atoms with Gasteiger partial charge < -0.3 is 4.74 Å². The molecule has 0 aliphatic carbocycles. The van der Waals surface area contributed by atoms with E-state index in [9.17, 15) is 9.18 Å². The largest absolute Gasteiger partial charge is 0.468 e. The summed E-state index contributed by atoms with van der Waals surface area (Å²) in [7, 11) is 1.34. The van der Waals surface area contributed by atoms with Gasteiger partial charge in [-0.3, -0.25) is 9.69 Å². The molecule has 1 rings (SSSR count). The summed E-state index contributed by atoms with van der Waals surface area (Å²) < 4.78 is 17.9. The number of halogens is 1. The topological polar surface area (TPSA) is 53.3 Å². The lowest BCUT2D eigenvalue weighted by molar-refractivity contribution is -0.142. The first-order valence-corrected chi connectivity index (χ1v) is 6.07. The minimum atomic E-state index is -0.441. The van der Waals surface area contributed by atoms with E-state index in [1.54, 1.807) is 6.07 Å². The van der Waals surface area contributed by atoms with Crippen LogP contribution >= 0.6 is 0 Å². The monoisotopic (exact) mass is 264 g/mol. The average molecular weight is 264 g/mol. The van der Waals surface area contributed by atoms with Gasteiger partial charge in [-0.1, -0.05) is 6.92 Å². The highest BCUT2D eigenvalue weighted by Gasteiger charge is 2.11. The minimum absolute atomic E-state index is 0.155. The standard InChI is InChI=1S/C14H17FN2O2/c1-3-4-17(10-14(18)19-2)9-12-5-11(8-16)6-13(15)7-12/h5-7H,3-4,9-10H2,1-2H3. The zero-order valence-electron chi connectivity index (χ0n) is 11.1. The lowest BCUT2D eigenvalue weighted by Gasteiger charge is -2.20. The van der Waals surface area contributed by atoms with Crippen LogP contribution in [0.25, 0.3) is 0 Å². The maximum Gasteiger partial charge on any atom is 0.319 e. The Labute approximate surface area is 112 Å². The van der Waals surface area contributed by atoms with Gasteiger partial charge in [0.2, 0.25) is 0 Å². The van der Waals surface area contributed by atoms with Gasteiger partial charge in [0, 0.05) is 6.54 Å². The second-order valence-corrected chi connectivity index (χ2v) is 4.25. The van der Waals surface area contributed by atoms with E-state index in [1.165, 1.54) is 19.2 Å². The first-order valence-electron chi connectivity index (χ1n) is 6.07. The minimum Gasteiger partial charge on any atom is -0.468 e. The van der Waals surface area contributed by atoms with Gasteiger partial charge >= 0.3 is 5.97 Å². The third kappa shape index (κ3) is 5.06. The number of hydrogen-bond acceptors (Lipinski definition) is 4. The summed E-state index contributed by atoms with van der Waals surface area (Å²) in [5, 5.41) is 8.80. The Morgan fingerprint density at radius 2 is 2.21 bits per heavy atom. The lowest BCUT2D eigenvalue weighted by Crippen LogP contribution is -2.30. The maximum absolute atomic E-state index is 13.3. The van der Waals surface area contributed by atoms with E-state index in [2.05, 4.69) is 4.74 Å². The van der Waals surface area contributed by atoms with Crippen molar-refractivity contribution in [3.05, 3.63) is 35.1 Å². The molecule has 1 aromatic rings. The molecule has 0 aliphatic rings. The van der Waals surface area contributed by atoms with Gasteiger partial charge in [-0.05, 0) is 36.7 Å². The number of rotatable bonds is 6. The molecule has 0 fully saturated rings. The van der Waals surface area contributed by atoms with Crippen LogP contribution in [0.2, 0.25) is 0 Å². The van der Waals surface area contributed by atoms with E-state index in [0.717, 1.165) is 6.42 Å². The predicted molar refractivity (Wildman–Crippen MR) is 68.7 cm³/mol. The number of carbonyl (C=O) groups is 1. The Hall–Kier alpha value is -1.93. The molecule has 0 aromatic heterocycles. The highest BCUT2D eigenvalue weighted by molar-refractivity contribution is 5.71. The molecule has 4 nitrogen and oxygen atoms in total. The summed E-state index contributed by atoms with van der Waals surface area (Å²) in [6, 6.07) is 6.11. The Balaban J connectivity index is 2.81. The SMILES string of the molecule is CCCN(CC(=O)OC)Cc1cc(F)cc(C#N)c1. The zero-order chi connectivity index (χ0) is 14.3. The molecule has 0 N–H and O–H groups in total. The summed E-state index contributed by atoms with van der Waals surface area (Å²) in [5.74, 6) is -0.770. The summed E-state index contributed by atoms with van der Waals surface area (Å²) >= 11 is 0. The van der Waals surface area contributed by atoms with E-state index in [-0.39, 0.29) is 18.1 Å². The highest BCUT2D eigenvalue weighted by atomic mass is 19.1. The summed E-state index contributed by atoms with van der Waals surface area (Å²) in [6.45, 7) is 3.27. The van der Waals surface area contributed by atoms with E-state index in [0.29, 0.717) is 18.7 Å². The molecule has 0 spiro atoms. The van der Waals surface area contributed by atoms with Crippen LogP contribution in [0, 0.1) is 17.1 Å². The molecule has 19 heavy (non-hydrogen) atoms. The Morgan fingerprint density at radius 1 is 1.47 bits per heavy atom. The molecule has 0 saturated heterocycles. The van der Waals surface area contributed by atoms with Gasteiger partial charge in [0.05, 0.1) is 25.3 Å². The molecule has 0 saturated carbocycles. The summed E-state index contributed by atoms with van der Waals surface area (Å²) in [5.41, 5.74) is 0.957. The number of carbonyl (C=O) groups excluding carboxylic acids is 1. The molecule has 0 bridgehead atoms. The molecule has 5 heteroatoms. The highest BCUT2D eigenvalue weighted by Crippen LogP contribution is 2.11. The van der Waals surface area contributed by atoms with Crippen molar-refractivity contribution in [2.75, 3.05) is 20.2 Å². The molecule has 0 atom stereocenters. The number of hydrogen-bond donors (Lipinski definition) is 0. The molecular weight excluding hydrogens is 247 g/mol. The Morgan fingerprint density at radius 3 is 2.79 bits per heavy atom. The van der Waals surface area contributed by atoms with E-state index in [4.69, 9.17) is 5.26 Å². The number of esters is 1. The van der Waals surface area contributed by atoms with Crippen LogP contribution in [0.15, 0.2) is 18.2 Å². The van der Waals surface area contributed by atoms with Gasteiger partial charge in [0.25, 0.3) is 0 Å². The second kappa shape index (κ2) is 7.49. The number of nitriles is 1. The first kappa shape index (κ1) is 15.1. The van der Waals surface area contributed by atoms with Crippen LogP contribution in [-0.2, 0) is 16.1 Å². The van der Waals surface area contributed by atoms with E-state index >= 15 is 0 Å². The van der Waals surface area contributed by atoms with E-state index < -0.39 is 5.82 Å². The van der Waals surface area contributed by atoms with Gasteiger partial charge in [-0.15, -0.1) is 0 Å². The van der Waals surface area contributed by atoms with Crippen molar-refractivity contribution in [1.82, 2.24) is 4.90 Å². The third-order valence-electron chi connectivity index (χ3n) is 2.61. The molecule has 0 heterocycles. The van der Waals surface area contributed by atoms with E-state index in [1.807, 2.05) is 17.9 Å².